The van der Waals surface area contributed by atoms with E-state index in [9.17, 15) is 8.42 Å². The number of sulfonamides is 1. The standard InChI is InChI=1S/C16H35N5O2S/c1-6-21(24(5,22)23)11-7-10-18-16(17-4)19-15-8-12-20(13-9-15)14(2)3/h14-15H,6-13H2,1-5H3,(H2,17,18,19). The number of rotatable bonds is 8. The number of aliphatic imine (C=N–C) groups is 1. The first kappa shape index (κ1) is 21.2. The molecular weight excluding hydrogens is 326 g/mol. The molecule has 0 aromatic heterocycles. The predicted octanol–water partition coefficient (Wildman–Crippen LogP) is 0.696. The third kappa shape index (κ3) is 7.36. The highest BCUT2D eigenvalue weighted by Gasteiger charge is 2.21. The Balaban J connectivity index is 2.29. The maximum Gasteiger partial charge on any atom is 0.211 e. The molecule has 1 aliphatic rings. The van der Waals surface area contributed by atoms with Gasteiger partial charge in [-0.15, -0.1) is 0 Å². The molecule has 2 N–H and O–H groups in total. The second kappa shape index (κ2) is 10.2. The van der Waals surface area contributed by atoms with Crippen LogP contribution in [0.5, 0.6) is 0 Å². The Morgan fingerprint density at radius 2 is 1.96 bits per heavy atom. The largest absolute Gasteiger partial charge is 0.356 e. The highest BCUT2D eigenvalue weighted by Crippen LogP contribution is 2.12. The molecule has 1 saturated heterocycles. The Labute approximate surface area is 147 Å². The molecule has 7 nitrogen and oxygen atoms in total. The van der Waals surface area contributed by atoms with Gasteiger partial charge in [-0.3, -0.25) is 4.99 Å². The summed E-state index contributed by atoms with van der Waals surface area (Å²) in [5.41, 5.74) is 0. The maximum atomic E-state index is 11.5. The lowest BCUT2D eigenvalue weighted by Gasteiger charge is -2.35. The molecule has 0 atom stereocenters. The van der Waals surface area contributed by atoms with Crippen molar-refractivity contribution in [3.05, 3.63) is 0 Å². The minimum atomic E-state index is -3.10. The molecule has 0 spiro atoms. The molecule has 0 aliphatic carbocycles. The van der Waals surface area contributed by atoms with Gasteiger partial charge < -0.3 is 15.5 Å². The summed E-state index contributed by atoms with van der Waals surface area (Å²) in [7, 11) is -1.33. The average Bonchev–Trinajstić information content (AvgIpc) is 2.52. The molecule has 0 unspecified atom stereocenters. The molecule has 0 aromatic rings. The first-order valence-corrected chi connectivity index (χ1v) is 10.8. The smallest absolute Gasteiger partial charge is 0.211 e. The second-order valence-electron chi connectivity index (χ2n) is 6.66. The van der Waals surface area contributed by atoms with Crippen LogP contribution in [-0.2, 0) is 10.0 Å². The molecule has 24 heavy (non-hydrogen) atoms. The van der Waals surface area contributed by atoms with Crippen molar-refractivity contribution in [2.24, 2.45) is 4.99 Å². The molecule has 8 heteroatoms. The van der Waals surface area contributed by atoms with Gasteiger partial charge >= 0.3 is 0 Å². The van der Waals surface area contributed by atoms with Crippen LogP contribution < -0.4 is 10.6 Å². The number of piperidine rings is 1. The van der Waals surface area contributed by atoms with Crippen molar-refractivity contribution < 1.29 is 8.42 Å². The van der Waals surface area contributed by atoms with Crippen LogP contribution in [0.15, 0.2) is 4.99 Å². The summed E-state index contributed by atoms with van der Waals surface area (Å²) in [6.45, 7) is 10.3. The molecule has 142 valence electrons. The van der Waals surface area contributed by atoms with Gasteiger partial charge in [0.25, 0.3) is 0 Å². The van der Waals surface area contributed by atoms with E-state index in [1.807, 2.05) is 6.92 Å². The van der Waals surface area contributed by atoms with Crippen LogP contribution in [0.4, 0.5) is 0 Å². The zero-order valence-corrected chi connectivity index (χ0v) is 16.7. The lowest BCUT2D eigenvalue weighted by atomic mass is 10.0. The van der Waals surface area contributed by atoms with E-state index in [2.05, 4.69) is 34.4 Å². The van der Waals surface area contributed by atoms with E-state index in [0.717, 1.165) is 38.3 Å². The van der Waals surface area contributed by atoms with Gasteiger partial charge in [-0.1, -0.05) is 6.92 Å². The van der Waals surface area contributed by atoms with Gasteiger partial charge in [0.1, 0.15) is 0 Å². The van der Waals surface area contributed by atoms with Crippen molar-refractivity contribution >= 4 is 16.0 Å². The highest BCUT2D eigenvalue weighted by molar-refractivity contribution is 7.88. The van der Waals surface area contributed by atoms with Crippen LogP contribution in [-0.4, -0.2) is 81.7 Å². The Hall–Kier alpha value is -0.860. The first-order chi connectivity index (χ1) is 11.3. The second-order valence-corrected chi connectivity index (χ2v) is 8.64. The normalized spacial score (nSPS) is 18.4. The maximum absolute atomic E-state index is 11.5. The number of nitrogens with one attached hydrogen (secondary N) is 2. The van der Waals surface area contributed by atoms with Crippen molar-refractivity contribution in [2.45, 2.75) is 52.1 Å². The molecule has 1 heterocycles. The van der Waals surface area contributed by atoms with E-state index < -0.39 is 10.0 Å². The Morgan fingerprint density at radius 1 is 1.33 bits per heavy atom. The fourth-order valence-electron chi connectivity index (χ4n) is 2.97. The molecular formula is C16H35N5O2S. The van der Waals surface area contributed by atoms with Crippen molar-refractivity contribution in [2.75, 3.05) is 46.0 Å². The minimum Gasteiger partial charge on any atom is -0.356 e. The van der Waals surface area contributed by atoms with E-state index in [0.29, 0.717) is 31.7 Å². The van der Waals surface area contributed by atoms with Crippen molar-refractivity contribution in [3.8, 4) is 0 Å². The molecule has 0 radical (unpaired) electrons. The minimum absolute atomic E-state index is 0.453. The van der Waals surface area contributed by atoms with E-state index in [4.69, 9.17) is 0 Å². The van der Waals surface area contributed by atoms with Gasteiger partial charge in [-0.25, -0.2) is 12.7 Å². The quantitative estimate of drug-likeness (QED) is 0.378. The number of hydrogen-bond donors (Lipinski definition) is 2. The van der Waals surface area contributed by atoms with Crippen molar-refractivity contribution in [1.82, 2.24) is 19.8 Å². The lowest BCUT2D eigenvalue weighted by molar-refractivity contribution is 0.167. The molecule has 0 saturated carbocycles. The van der Waals surface area contributed by atoms with Gasteiger partial charge in [0.05, 0.1) is 6.26 Å². The summed E-state index contributed by atoms with van der Waals surface area (Å²) in [5.74, 6) is 0.806. The van der Waals surface area contributed by atoms with E-state index >= 15 is 0 Å². The van der Waals surface area contributed by atoms with Crippen LogP contribution in [0, 0.1) is 0 Å². The number of hydrogen-bond acceptors (Lipinski definition) is 4. The van der Waals surface area contributed by atoms with E-state index in [-0.39, 0.29) is 0 Å². The molecule has 1 fully saturated rings. The lowest BCUT2D eigenvalue weighted by Crippen LogP contribution is -2.50. The fraction of sp³-hybridized carbons (Fsp3) is 0.938. The van der Waals surface area contributed by atoms with E-state index in [1.165, 1.54) is 10.6 Å². The number of nitrogens with zero attached hydrogens (tertiary/aromatic N) is 3. The van der Waals surface area contributed by atoms with Crippen LogP contribution in [0.3, 0.4) is 0 Å². The third-order valence-corrected chi connectivity index (χ3v) is 5.90. The van der Waals surface area contributed by atoms with Crippen LogP contribution in [0.1, 0.15) is 40.0 Å². The molecule has 0 bridgehead atoms. The fourth-order valence-corrected chi connectivity index (χ4v) is 3.90. The van der Waals surface area contributed by atoms with Gasteiger partial charge in [0, 0.05) is 51.9 Å². The predicted molar refractivity (Wildman–Crippen MR) is 101 cm³/mol. The topological polar surface area (TPSA) is 77.0 Å². The summed E-state index contributed by atoms with van der Waals surface area (Å²) < 4.78 is 24.6. The summed E-state index contributed by atoms with van der Waals surface area (Å²) >= 11 is 0. The van der Waals surface area contributed by atoms with Crippen LogP contribution in [0.2, 0.25) is 0 Å². The summed E-state index contributed by atoms with van der Waals surface area (Å²) in [5, 5.41) is 6.76. The number of likely N-dealkylation sites (tertiary alicyclic amines) is 1. The van der Waals surface area contributed by atoms with E-state index in [1.54, 1.807) is 7.05 Å². The average molecular weight is 362 g/mol. The van der Waals surface area contributed by atoms with Gasteiger partial charge in [0.15, 0.2) is 5.96 Å². The Kier molecular flexibility index (Phi) is 9.01. The van der Waals surface area contributed by atoms with Gasteiger partial charge in [0.2, 0.25) is 10.0 Å². The monoisotopic (exact) mass is 361 g/mol. The molecule has 0 amide bonds. The molecule has 1 aliphatic heterocycles. The van der Waals surface area contributed by atoms with Crippen molar-refractivity contribution in [3.63, 3.8) is 0 Å². The zero-order chi connectivity index (χ0) is 18.2. The van der Waals surface area contributed by atoms with Gasteiger partial charge in [-0.2, -0.15) is 0 Å². The SMILES string of the molecule is CCN(CCCNC(=NC)NC1CCN(C(C)C)CC1)S(C)(=O)=O. The summed E-state index contributed by atoms with van der Waals surface area (Å²) in [6.07, 6.45) is 4.26. The zero-order valence-electron chi connectivity index (χ0n) is 15.9. The summed E-state index contributed by atoms with van der Waals surface area (Å²) in [4.78, 5) is 6.77. The van der Waals surface area contributed by atoms with Crippen molar-refractivity contribution in [1.29, 1.82) is 0 Å². The van der Waals surface area contributed by atoms with Gasteiger partial charge in [-0.05, 0) is 33.1 Å². The third-order valence-electron chi connectivity index (χ3n) is 4.52. The first-order valence-electron chi connectivity index (χ1n) is 8.94. The van der Waals surface area contributed by atoms with Crippen LogP contribution in [0.25, 0.3) is 0 Å². The summed E-state index contributed by atoms with van der Waals surface area (Å²) in [6, 6.07) is 1.06. The Bertz CT molecular complexity index is 485. The molecule has 1 rings (SSSR count). The Morgan fingerprint density at radius 3 is 2.42 bits per heavy atom. The molecule has 0 aromatic carbocycles. The number of guanidine groups is 1. The van der Waals surface area contributed by atoms with Crippen LogP contribution >= 0.6 is 0 Å². The highest BCUT2D eigenvalue weighted by atomic mass is 32.2.